The number of hydrogen-bond acceptors (Lipinski definition) is 4. The molecule has 0 radical (unpaired) electrons. The van der Waals surface area contributed by atoms with Crippen molar-refractivity contribution in [3.8, 4) is 5.75 Å². The van der Waals surface area contributed by atoms with Crippen molar-refractivity contribution in [1.82, 2.24) is 5.32 Å². The van der Waals surface area contributed by atoms with E-state index < -0.39 is 0 Å². The fourth-order valence-corrected chi connectivity index (χ4v) is 1.85. The molecular formula is C16H17FN2O2. The summed E-state index contributed by atoms with van der Waals surface area (Å²) in [5.74, 6) is 0.472. The maximum absolute atomic E-state index is 13.0. The van der Waals surface area contributed by atoms with Crippen LogP contribution >= 0.6 is 0 Å². The van der Waals surface area contributed by atoms with Crippen LogP contribution in [0, 0.1) is 10.7 Å². The molecule has 0 unspecified atom stereocenters. The summed E-state index contributed by atoms with van der Waals surface area (Å²) in [6, 6.07) is 14.0. The maximum atomic E-state index is 13.0. The van der Waals surface area contributed by atoms with Gasteiger partial charge < -0.3 is 10.1 Å². The Kier molecular flexibility index (Phi) is 5.84. The monoisotopic (exact) mass is 288 g/mol. The first-order valence-electron chi connectivity index (χ1n) is 6.74. The number of halogens is 1. The van der Waals surface area contributed by atoms with Crippen LogP contribution in [0.5, 0.6) is 5.75 Å². The van der Waals surface area contributed by atoms with Crippen molar-refractivity contribution in [2.75, 3.05) is 13.1 Å². The average Bonchev–Trinajstić information content (AvgIpc) is 2.51. The van der Waals surface area contributed by atoms with Crippen LogP contribution in [0.2, 0.25) is 0 Å². The lowest BCUT2D eigenvalue weighted by molar-refractivity contribution is 0.305. The minimum atomic E-state index is -0.262. The highest BCUT2D eigenvalue weighted by molar-refractivity contribution is 5.27. The SMILES string of the molecule is O=NCCNCc1ccc(OCc2cccc(F)c2)cc1. The van der Waals surface area contributed by atoms with Gasteiger partial charge in [0, 0.05) is 13.1 Å². The lowest BCUT2D eigenvalue weighted by Gasteiger charge is -2.08. The molecule has 0 spiro atoms. The molecule has 0 heterocycles. The Morgan fingerprint density at radius 2 is 1.90 bits per heavy atom. The van der Waals surface area contributed by atoms with Crippen molar-refractivity contribution in [3.63, 3.8) is 0 Å². The fraction of sp³-hybridized carbons (Fsp3) is 0.250. The normalized spacial score (nSPS) is 10.3. The van der Waals surface area contributed by atoms with Gasteiger partial charge in [-0.05, 0) is 35.4 Å². The van der Waals surface area contributed by atoms with E-state index in [2.05, 4.69) is 10.5 Å². The van der Waals surface area contributed by atoms with E-state index >= 15 is 0 Å². The standard InChI is InChI=1S/C16H17FN2O2/c17-15-3-1-2-14(10-15)12-21-16-6-4-13(5-7-16)11-18-8-9-19-20/h1-7,10,18H,8-9,11-12H2. The van der Waals surface area contributed by atoms with Crippen molar-refractivity contribution in [3.05, 3.63) is 70.4 Å². The summed E-state index contributed by atoms with van der Waals surface area (Å²) in [5.41, 5.74) is 1.89. The van der Waals surface area contributed by atoms with Gasteiger partial charge in [0.15, 0.2) is 0 Å². The molecule has 0 aliphatic carbocycles. The van der Waals surface area contributed by atoms with Crippen LogP contribution in [0.25, 0.3) is 0 Å². The topological polar surface area (TPSA) is 50.7 Å². The summed E-state index contributed by atoms with van der Waals surface area (Å²) in [5, 5.41) is 5.89. The van der Waals surface area contributed by atoms with Crippen LogP contribution in [0.4, 0.5) is 4.39 Å². The second kappa shape index (κ2) is 8.11. The maximum Gasteiger partial charge on any atom is 0.123 e. The third-order valence-corrected chi connectivity index (χ3v) is 2.93. The minimum Gasteiger partial charge on any atom is -0.489 e. The number of benzene rings is 2. The van der Waals surface area contributed by atoms with E-state index in [-0.39, 0.29) is 12.4 Å². The Morgan fingerprint density at radius 3 is 2.62 bits per heavy atom. The molecule has 5 heteroatoms. The number of rotatable bonds is 8. The molecule has 2 aromatic rings. The lowest BCUT2D eigenvalue weighted by atomic mass is 10.2. The molecule has 0 bridgehead atoms. The third kappa shape index (κ3) is 5.31. The van der Waals surface area contributed by atoms with Crippen LogP contribution < -0.4 is 10.1 Å². The van der Waals surface area contributed by atoms with Crippen LogP contribution in [0.1, 0.15) is 11.1 Å². The fourth-order valence-electron chi connectivity index (χ4n) is 1.85. The zero-order chi connectivity index (χ0) is 14.9. The summed E-state index contributed by atoms with van der Waals surface area (Å²) in [7, 11) is 0. The van der Waals surface area contributed by atoms with Crippen LogP contribution in [-0.2, 0) is 13.2 Å². The Balaban J connectivity index is 1.80. The number of hydrogen-bond donors (Lipinski definition) is 1. The van der Waals surface area contributed by atoms with Gasteiger partial charge in [-0.15, -0.1) is 0 Å². The Morgan fingerprint density at radius 1 is 1.10 bits per heavy atom. The molecule has 0 atom stereocenters. The summed E-state index contributed by atoms with van der Waals surface area (Å²) < 4.78 is 18.6. The number of nitrogens with zero attached hydrogens (tertiary/aromatic N) is 1. The first-order valence-corrected chi connectivity index (χ1v) is 6.74. The van der Waals surface area contributed by atoms with Gasteiger partial charge in [0.1, 0.15) is 18.2 Å². The molecule has 2 rings (SSSR count). The van der Waals surface area contributed by atoms with Crippen molar-refractivity contribution in [1.29, 1.82) is 0 Å². The third-order valence-electron chi connectivity index (χ3n) is 2.93. The largest absolute Gasteiger partial charge is 0.489 e. The van der Waals surface area contributed by atoms with Gasteiger partial charge in [-0.25, -0.2) is 4.39 Å². The highest BCUT2D eigenvalue weighted by Gasteiger charge is 1.99. The quantitative estimate of drug-likeness (QED) is 0.599. The van der Waals surface area contributed by atoms with E-state index in [0.717, 1.165) is 16.9 Å². The zero-order valence-corrected chi connectivity index (χ0v) is 11.6. The molecule has 0 aliphatic rings. The Bertz CT molecular complexity index is 573. The van der Waals surface area contributed by atoms with E-state index in [4.69, 9.17) is 4.74 Å². The predicted molar refractivity (Wildman–Crippen MR) is 79.5 cm³/mol. The highest BCUT2D eigenvalue weighted by Crippen LogP contribution is 2.14. The van der Waals surface area contributed by atoms with E-state index in [0.29, 0.717) is 19.7 Å². The lowest BCUT2D eigenvalue weighted by Crippen LogP contribution is -2.16. The molecule has 110 valence electrons. The molecule has 0 saturated carbocycles. The van der Waals surface area contributed by atoms with Gasteiger partial charge in [-0.2, -0.15) is 4.91 Å². The van der Waals surface area contributed by atoms with E-state index in [1.807, 2.05) is 30.3 Å². The van der Waals surface area contributed by atoms with E-state index in [1.165, 1.54) is 12.1 Å². The van der Waals surface area contributed by atoms with E-state index in [9.17, 15) is 9.30 Å². The minimum absolute atomic E-state index is 0.262. The first-order chi connectivity index (χ1) is 10.3. The summed E-state index contributed by atoms with van der Waals surface area (Å²) >= 11 is 0. The molecule has 2 aromatic carbocycles. The summed E-state index contributed by atoms with van der Waals surface area (Å²) in [6.45, 7) is 1.86. The molecule has 1 N–H and O–H groups in total. The van der Waals surface area contributed by atoms with Crippen molar-refractivity contribution >= 4 is 0 Å². The number of nitrogens with one attached hydrogen (secondary N) is 1. The molecule has 21 heavy (non-hydrogen) atoms. The van der Waals surface area contributed by atoms with Crippen LogP contribution in [0.15, 0.2) is 53.7 Å². The molecule has 0 aliphatic heterocycles. The summed E-state index contributed by atoms with van der Waals surface area (Å²) in [4.78, 5) is 9.94. The van der Waals surface area contributed by atoms with Gasteiger partial charge in [0.2, 0.25) is 0 Å². The second-order valence-electron chi connectivity index (χ2n) is 4.59. The molecule has 4 nitrogen and oxygen atoms in total. The van der Waals surface area contributed by atoms with Gasteiger partial charge in [0.05, 0.1) is 6.54 Å². The number of nitroso groups, excluding NO2 is 1. The summed E-state index contributed by atoms with van der Waals surface area (Å²) in [6.07, 6.45) is 0. The van der Waals surface area contributed by atoms with Crippen LogP contribution in [-0.4, -0.2) is 13.1 Å². The average molecular weight is 288 g/mol. The smallest absolute Gasteiger partial charge is 0.123 e. The van der Waals surface area contributed by atoms with Gasteiger partial charge >= 0.3 is 0 Å². The first kappa shape index (κ1) is 15.1. The molecular weight excluding hydrogens is 271 g/mol. The predicted octanol–water partition coefficient (Wildman–Crippen LogP) is 3.26. The molecule has 0 fully saturated rings. The Hall–Kier alpha value is -2.27. The Labute approximate surface area is 122 Å². The van der Waals surface area contributed by atoms with Gasteiger partial charge in [0.25, 0.3) is 0 Å². The molecule has 0 amide bonds. The highest BCUT2D eigenvalue weighted by atomic mass is 19.1. The second-order valence-corrected chi connectivity index (χ2v) is 4.59. The van der Waals surface area contributed by atoms with Crippen LogP contribution in [0.3, 0.4) is 0 Å². The van der Waals surface area contributed by atoms with E-state index in [1.54, 1.807) is 6.07 Å². The number of ether oxygens (including phenoxy) is 1. The van der Waals surface area contributed by atoms with Crippen molar-refractivity contribution in [2.45, 2.75) is 13.2 Å². The van der Waals surface area contributed by atoms with Crippen molar-refractivity contribution < 1.29 is 9.13 Å². The van der Waals surface area contributed by atoms with Gasteiger partial charge in [-0.3, -0.25) is 0 Å². The molecule has 0 aromatic heterocycles. The molecule has 0 saturated heterocycles. The van der Waals surface area contributed by atoms with Crippen molar-refractivity contribution in [2.24, 2.45) is 5.18 Å². The zero-order valence-electron chi connectivity index (χ0n) is 11.6. The van der Waals surface area contributed by atoms with Gasteiger partial charge in [-0.1, -0.05) is 29.4 Å².